The topological polar surface area (TPSA) is 56.1 Å². The van der Waals surface area contributed by atoms with Gasteiger partial charge in [0.2, 0.25) is 0 Å². The molecular formula is C28H29BrClN3O2. The average Bonchev–Trinajstić information content (AvgIpc) is 3.20. The molecule has 0 atom stereocenters. The van der Waals surface area contributed by atoms with E-state index in [9.17, 15) is 4.79 Å². The van der Waals surface area contributed by atoms with Gasteiger partial charge in [-0.25, -0.2) is 4.98 Å². The van der Waals surface area contributed by atoms with Crippen molar-refractivity contribution in [2.75, 3.05) is 13.2 Å². The predicted molar refractivity (Wildman–Crippen MR) is 146 cm³/mol. The Bertz CT molecular complexity index is 1310. The number of aryl methyl sites for hydroxylation is 4. The lowest BCUT2D eigenvalue weighted by molar-refractivity contribution is 0.0953. The van der Waals surface area contributed by atoms with Crippen LogP contribution < -0.4 is 10.1 Å². The fourth-order valence-electron chi connectivity index (χ4n) is 4.15. The van der Waals surface area contributed by atoms with Gasteiger partial charge in [0.25, 0.3) is 5.91 Å². The van der Waals surface area contributed by atoms with Gasteiger partial charge in [0.15, 0.2) is 0 Å². The maximum atomic E-state index is 12.4. The first-order valence-corrected chi connectivity index (χ1v) is 13.0. The van der Waals surface area contributed by atoms with E-state index in [0.29, 0.717) is 18.7 Å². The molecule has 1 heterocycles. The van der Waals surface area contributed by atoms with Crippen LogP contribution >= 0.6 is 27.5 Å². The van der Waals surface area contributed by atoms with Crippen molar-refractivity contribution < 1.29 is 9.53 Å². The zero-order valence-corrected chi connectivity index (χ0v) is 22.3. The molecule has 0 aliphatic heterocycles. The Kier molecular flexibility index (Phi) is 8.47. The molecule has 1 N–H and O–H groups in total. The van der Waals surface area contributed by atoms with E-state index in [0.717, 1.165) is 69.0 Å². The molecule has 1 aromatic heterocycles. The van der Waals surface area contributed by atoms with E-state index in [2.05, 4.69) is 31.9 Å². The average molecular weight is 555 g/mol. The zero-order valence-electron chi connectivity index (χ0n) is 20.0. The molecule has 0 spiro atoms. The normalized spacial score (nSPS) is 11.1. The number of hydrogen-bond donors (Lipinski definition) is 1. The van der Waals surface area contributed by atoms with Gasteiger partial charge in [-0.3, -0.25) is 4.79 Å². The highest BCUT2D eigenvalue weighted by molar-refractivity contribution is 9.10. The third-order valence-corrected chi connectivity index (χ3v) is 6.98. The van der Waals surface area contributed by atoms with Crippen molar-refractivity contribution >= 4 is 44.5 Å². The van der Waals surface area contributed by atoms with Gasteiger partial charge >= 0.3 is 0 Å². The standard InChI is InChI=1S/C28H29BrClN3O2/c1-19-16-23(17-20(2)27(19)30)35-15-7-14-33-25-11-4-3-10-24(25)32-26(33)12-6-13-31-28(34)21-8-5-9-22(29)18-21/h3-5,8-11,16-18H,6-7,12-15H2,1-2H3,(H,31,34). The fourth-order valence-corrected chi connectivity index (χ4v) is 4.66. The van der Waals surface area contributed by atoms with Crippen LogP contribution in [-0.4, -0.2) is 28.6 Å². The molecule has 182 valence electrons. The number of para-hydroxylation sites is 2. The highest BCUT2D eigenvalue weighted by Crippen LogP contribution is 2.26. The first kappa shape index (κ1) is 25.3. The summed E-state index contributed by atoms with van der Waals surface area (Å²) in [6, 6.07) is 19.6. The molecule has 0 aliphatic rings. The van der Waals surface area contributed by atoms with E-state index in [1.807, 2.05) is 68.4 Å². The predicted octanol–water partition coefficient (Wildman–Crippen LogP) is 6.90. The third-order valence-electron chi connectivity index (χ3n) is 5.89. The van der Waals surface area contributed by atoms with Gasteiger partial charge in [0, 0.05) is 34.6 Å². The van der Waals surface area contributed by atoms with E-state index < -0.39 is 0 Å². The summed E-state index contributed by atoms with van der Waals surface area (Å²) in [7, 11) is 0. The molecule has 1 amide bonds. The minimum Gasteiger partial charge on any atom is -0.494 e. The number of aromatic nitrogens is 2. The Morgan fingerprint density at radius 1 is 1.06 bits per heavy atom. The molecule has 35 heavy (non-hydrogen) atoms. The molecule has 4 aromatic rings. The minimum atomic E-state index is -0.0652. The first-order chi connectivity index (χ1) is 16.9. The molecule has 3 aromatic carbocycles. The summed E-state index contributed by atoms with van der Waals surface area (Å²) in [6.45, 7) is 5.99. The Hall–Kier alpha value is -2.83. The molecule has 0 bridgehead atoms. The molecule has 0 unspecified atom stereocenters. The van der Waals surface area contributed by atoms with Crippen molar-refractivity contribution in [2.24, 2.45) is 0 Å². The molecule has 0 saturated heterocycles. The van der Waals surface area contributed by atoms with Crippen LogP contribution in [0.25, 0.3) is 11.0 Å². The highest BCUT2D eigenvalue weighted by atomic mass is 79.9. The summed E-state index contributed by atoms with van der Waals surface area (Å²) in [5.74, 6) is 1.81. The van der Waals surface area contributed by atoms with Crippen molar-refractivity contribution in [3.05, 3.63) is 92.7 Å². The van der Waals surface area contributed by atoms with Crippen molar-refractivity contribution in [1.82, 2.24) is 14.9 Å². The molecule has 5 nitrogen and oxygen atoms in total. The van der Waals surface area contributed by atoms with Crippen LogP contribution in [0.3, 0.4) is 0 Å². The van der Waals surface area contributed by atoms with Gasteiger partial charge in [0.1, 0.15) is 11.6 Å². The molecular weight excluding hydrogens is 526 g/mol. The van der Waals surface area contributed by atoms with Crippen LogP contribution in [0.4, 0.5) is 0 Å². The van der Waals surface area contributed by atoms with Gasteiger partial charge in [-0.15, -0.1) is 0 Å². The quantitative estimate of drug-likeness (QED) is 0.217. The number of hydrogen-bond acceptors (Lipinski definition) is 3. The molecule has 0 fully saturated rings. The molecule has 0 aliphatic carbocycles. The van der Waals surface area contributed by atoms with Gasteiger partial charge < -0.3 is 14.6 Å². The number of nitrogens with one attached hydrogen (secondary N) is 1. The number of benzene rings is 3. The number of rotatable bonds is 10. The second kappa shape index (κ2) is 11.7. The maximum absolute atomic E-state index is 12.4. The van der Waals surface area contributed by atoms with E-state index in [-0.39, 0.29) is 5.91 Å². The number of nitrogens with zero attached hydrogens (tertiary/aromatic N) is 2. The van der Waals surface area contributed by atoms with Crippen LogP contribution in [0.5, 0.6) is 5.75 Å². The summed E-state index contributed by atoms with van der Waals surface area (Å²) in [6.07, 6.45) is 2.44. The second-order valence-electron chi connectivity index (χ2n) is 8.61. The Balaban J connectivity index is 1.34. The van der Waals surface area contributed by atoms with Gasteiger partial charge in [-0.05, 0) is 80.3 Å². The SMILES string of the molecule is Cc1cc(OCCCn2c(CCCNC(=O)c3cccc(Br)c3)nc3ccccc32)cc(C)c1Cl. The summed E-state index contributed by atoms with van der Waals surface area (Å²) < 4.78 is 9.17. The molecule has 7 heteroatoms. The lowest BCUT2D eigenvalue weighted by Gasteiger charge is -2.12. The van der Waals surface area contributed by atoms with Crippen LogP contribution in [-0.2, 0) is 13.0 Å². The van der Waals surface area contributed by atoms with Crippen LogP contribution in [0, 0.1) is 13.8 Å². The molecule has 4 rings (SSSR count). The molecule has 0 radical (unpaired) electrons. The Morgan fingerprint density at radius 3 is 2.60 bits per heavy atom. The Morgan fingerprint density at radius 2 is 1.83 bits per heavy atom. The summed E-state index contributed by atoms with van der Waals surface area (Å²) in [5.41, 5.74) is 4.81. The van der Waals surface area contributed by atoms with Crippen LogP contribution in [0.15, 0.2) is 65.1 Å². The van der Waals surface area contributed by atoms with Crippen molar-refractivity contribution in [1.29, 1.82) is 0 Å². The molecule has 0 saturated carbocycles. The number of imidazole rings is 1. The fraction of sp³-hybridized carbons (Fsp3) is 0.286. The number of carbonyl (C=O) groups excluding carboxylic acids is 1. The number of halogens is 2. The van der Waals surface area contributed by atoms with Crippen LogP contribution in [0.2, 0.25) is 5.02 Å². The van der Waals surface area contributed by atoms with E-state index in [1.165, 1.54) is 0 Å². The van der Waals surface area contributed by atoms with Gasteiger partial charge in [0.05, 0.1) is 17.6 Å². The van der Waals surface area contributed by atoms with Crippen molar-refractivity contribution in [3.8, 4) is 5.75 Å². The van der Waals surface area contributed by atoms with Crippen LogP contribution in [0.1, 0.15) is 40.2 Å². The highest BCUT2D eigenvalue weighted by Gasteiger charge is 2.11. The van der Waals surface area contributed by atoms with E-state index in [1.54, 1.807) is 0 Å². The van der Waals surface area contributed by atoms with Crippen molar-refractivity contribution in [2.45, 2.75) is 39.7 Å². The lowest BCUT2D eigenvalue weighted by atomic mass is 10.1. The maximum Gasteiger partial charge on any atom is 0.251 e. The monoisotopic (exact) mass is 553 g/mol. The third kappa shape index (κ3) is 6.44. The Labute approximate surface area is 219 Å². The van der Waals surface area contributed by atoms with E-state index in [4.69, 9.17) is 21.3 Å². The van der Waals surface area contributed by atoms with Gasteiger partial charge in [-0.1, -0.05) is 45.7 Å². The minimum absolute atomic E-state index is 0.0652. The number of ether oxygens (including phenoxy) is 1. The zero-order chi connectivity index (χ0) is 24.8. The largest absolute Gasteiger partial charge is 0.494 e. The summed E-state index contributed by atoms with van der Waals surface area (Å²) in [5, 5.41) is 3.80. The van der Waals surface area contributed by atoms with Crippen molar-refractivity contribution in [3.63, 3.8) is 0 Å². The van der Waals surface area contributed by atoms with E-state index >= 15 is 0 Å². The first-order valence-electron chi connectivity index (χ1n) is 11.8. The number of fused-ring (bicyclic) bond motifs is 1. The summed E-state index contributed by atoms with van der Waals surface area (Å²) >= 11 is 9.68. The van der Waals surface area contributed by atoms with Gasteiger partial charge in [-0.2, -0.15) is 0 Å². The number of carbonyl (C=O) groups is 1. The lowest BCUT2D eigenvalue weighted by Crippen LogP contribution is -2.25. The smallest absolute Gasteiger partial charge is 0.251 e. The summed E-state index contributed by atoms with van der Waals surface area (Å²) in [4.78, 5) is 17.3. The second-order valence-corrected chi connectivity index (χ2v) is 9.90. The number of amides is 1.